The maximum absolute atomic E-state index is 5.72. The molecule has 4 rings (SSSR count). The zero-order valence-corrected chi connectivity index (χ0v) is 19.1. The van der Waals surface area contributed by atoms with E-state index in [0.717, 1.165) is 17.7 Å². The number of aromatic nitrogens is 2. The Labute approximate surface area is 185 Å². The SMILES string of the molecule is CCOc1ccc([Si](Cn2ccnc2)(c2ccccc2)c2ccc(OCC)cc2)cc1. The van der Waals surface area contributed by atoms with Crippen molar-refractivity contribution < 1.29 is 9.47 Å². The Morgan fingerprint density at radius 1 is 0.710 bits per heavy atom. The van der Waals surface area contributed by atoms with Crippen molar-refractivity contribution in [1.82, 2.24) is 9.55 Å². The fourth-order valence-electron chi connectivity index (χ4n) is 4.16. The molecular formula is C26H28N2O2Si. The van der Waals surface area contributed by atoms with Crippen LogP contribution in [0.2, 0.25) is 0 Å². The van der Waals surface area contributed by atoms with E-state index in [1.54, 1.807) is 0 Å². The molecule has 0 radical (unpaired) electrons. The highest BCUT2D eigenvalue weighted by Gasteiger charge is 2.40. The smallest absolute Gasteiger partial charge is 0.168 e. The van der Waals surface area contributed by atoms with Crippen LogP contribution in [-0.4, -0.2) is 30.8 Å². The highest BCUT2D eigenvalue weighted by Crippen LogP contribution is 2.16. The fourth-order valence-corrected chi connectivity index (χ4v) is 8.67. The van der Waals surface area contributed by atoms with Crippen LogP contribution < -0.4 is 25.0 Å². The lowest BCUT2D eigenvalue weighted by atomic mass is 10.3. The van der Waals surface area contributed by atoms with Crippen LogP contribution in [0.15, 0.2) is 97.6 Å². The third kappa shape index (κ3) is 4.42. The summed E-state index contributed by atoms with van der Waals surface area (Å²) in [7, 11) is -2.41. The van der Waals surface area contributed by atoms with E-state index in [2.05, 4.69) is 88.4 Å². The average molecular weight is 429 g/mol. The van der Waals surface area contributed by atoms with Crippen LogP contribution in [0.1, 0.15) is 13.8 Å². The van der Waals surface area contributed by atoms with Gasteiger partial charge in [0.2, 0.25) is 0 Å². The molecule has 0 spiro atoms. The molecule has 1 aromatic heterocycles. The molecule has 0 fully saturated rings. The molecule has 0 amide bonds. The van der Waals surface area contributed by atoms with E-state index in [9.17, 15) is 0 Å². The lowest BCUT2D eigenvalue weighted by molar-refractivity contribution is 0.340. The largest absolute Gasteiger partial charge is 0.494 e. The minimum absolute atomic E-state index is 0.661. The molecule has 0 aliphatic heterocycles. The van der Waals surface area contributed by atoms with E-state index in [0.29, 0.717) is 13.2 Å². The third-order valence-electron chi connectivity index (χ3n) is 5.56. The van der Waals surface area contributed by atoms with Crippen LogP contribution in [0.3, 0.4) is 0 Å². The van der Waals surface area contributed by atoms with Crippen LogP contribution in [0.4, 0.5) is 0 Å². The van der Waals surface area contributed by atoms with E-state index in [-0.39, 0.29) is 0 Å². The van der Waals surface area contributed by atoms with Crippen molar-refractivity contribution in [3.05, 3.63) is 97.6 Å². The van der Waals surface area contributed by atoms with Crippen LogP contribution in [0, 0.1) is 0 Å². The third-order valence-corrected chi connectivity index (χ3v) is 10.4. The lowest BCUT2D eigenvalue weighted by Crippen LogP contribution is -2.69. The molecule has 0 saturated heterocycles. The molecule has 31 heavy (non-hydrogen) atoms. The van der Waals surface area contributed by atoms with E-state index < -0.39 is 8.07 Å². The van der Waals surface area contributed by atoms with Crippen LogP contribution in [0.25, 0.3) is 0 Å². The summed E-state index contributed by atoms with van der Waals surface area (Å²) in [6, 6.07) is 28.2. The predicted octanol–water partition coefficient (Wildman–Crippen LogP) is 3.39. The molecule has 3 aromatic carbocycles. The van der Waals surface area contributed by atoms with Gasteiger partial charge in [-0.3, -0.25) is 0 Å². The molecule has 5 heteroatoms. The second kappa shape index (κ2) is 9.66. The van der Waals surface area contributed by atoms with E-state index >= 15 is 0 Å². The van der Waals surface area contributed by atoms with Gasteiger partial charge in [0.15, 0.2) is 8.07 Å². The first kappa shape index (κ1) is 20.9. The highest BCUT2D eigenvalue weighted by molar-refractivity contribution is 7.10. The maximum Gasteiger partial charge on any atom is 0.168 e. The van der Waals surface area contributed by atoms with Crippen molar-refractivity contribution in [3.63, 3.8) is 0 Å². The molecule has 0 aliphatic rings. The average Bonchev–Trinajstić information content (AvgIpc) is 3.33. The quantitative estimate of drug-likeness (QED) is 0.303. The summed E-state index contributed by atoms with van der Waals surface area (Å²) in [6.07, 6.45) is 6.67. The molecule has 1 heterocycles. The van der Waals surface area contributed by atoms with E-state index in [4.69, 9.17) is 9.47 Å². The molecular weight excluding hydrogens is 400 g/mol. The first-order valence-corrected chi connectivity index (χ1v) is 12.9. The van der Waals surface area contributed by atoms with Gasteiger partial charge in [0.05, 0.1) is 19.5 Å². The summed E-state index contributed by atoms with van der Waals surface area (Å²) in [5, 5.41) is 4.03. The topological polar surface area (TPSA) is 36.3 Å². The second-order valence-corrected chi connectivity index (χ2v) is 11.3. The molecule has 0 saturated carbocycles. The number of nitrogens with zero attached hydrogens (tertiary/aromatic N) is 2. The Hall–Kier alpha value is -3.31. The first-order valence-electron chi connectivity index (χ1n) is 10.7. The molecule has 0 atom stereocenters. The van der Waals surface area contributed by atoms with Gasteiger partial charge in [-0.05, 0) is 53.7 Å². The number of hydrogen-bond donors (Lipinski definition) is 0. The molecule has 158 valence electrons. The standard InChI is InChI=1S/C26H28N2O2Si/c1-3-29-22-10-14-25(15-11-22)31(21-28-19-18-27-20-28,24-8-6-5-7-9-24)26-16-12-23(13-17-26)30-4-2/h5-20H,3-4,21H2,1-2H3. The van der Waals surface area contributed by atoms with Crippen molar-refractivity contribution in [2.24, 2.45) is 0 Å². The van der Waals surface area contributed by atoms with Crippen molar-refractivity contribution in [1.29, 1.82) is 0 Å². The maximum atomic E-state index is 5.72. The fraction of sp³-hybridized carbons (Fsp3) is 0.192. The molecule has 4 aromatic rings. The van der Waals surface area contributed by atoms with Crippen molar-refractivity contribution in [3.8, 4) is 11.5 Å². The molecule has 0 unspecified atom stereocenters. The van der Waals surface area contributed by atoms with Crippen molar-refractivity contribution >= 4 is 23.6 Å². The van der Waals surface area contributed by atoms with Gasteiger partial charge in [-0.2, -0.15) is 0 Å². The van der Waals surface area contributed by atoms with Gasteiger partial charge >= 0.3 is 0 Å². The Bertz CT molecular complexity index is 1010. The number of rotatable bonds is 9. The van der Waals surface area contributed by atoms with Crippen LogP contribution >= 0.6 is 0 Å². The molecule has 0 aliphatic carbocycles. The molecule has 0 N–H and O–H groups in total. The first-order chi connectivity index (χ1) is 15.3. The van der Waals surface area contributed by atoms with Gasteiger partial charge in [0.25, 0.3) is 0 Å². The van der Waals surface area contributed by atoms with Gasteiger partial charge in [-0.1, -0.05) is 54.6 Å². The second-order valence-electron chi connectivity index (χ2n) is 7.42. The minimum atomic E-state index is -2.41. The van der Waals surface area contributed by atoms with Gasteiger partial charge in [-0.25, -0.2) is 4.98 Å². The Morgan fingerprint density at radius 3 is 1.68 bits per heavy atom. The van der Waals surface area contributed by atoms with E-state index in [1.165, 1.54) is 15.6 Å². The Balaban J connectivity index is 1.91. The van der Waals surface area contributed by atoms with Crippen LogP contribution in [-0.2, 0) is 6.17 Å². The summed E-state index contributed by atoms with van der Waals surface area (Å²) in [6.45, 7) is 5.34. The van der Waals surface area contributed by atoms with Crippen molar-refractivity contribution in [2.75, 3.05) is 13.2 Å². The Kier molecular flexibility index (Phi) is 6.53. The predicted molar refractivity (Wildman–Crippen MR) is 129 cm³/mol. The summed E-state index contributed by atoms with van der Waals surface area (Å²) >= 11 is 0. The lowest BCUT2D eigenvalue weighted by Gasteiger charge is -2.34. The molecule has 4 nitrogen and oxygen atoms in total. The molecule has 0 bridgehead atoms. The number of imidazole rings is 1. The zero-order valence-electron chi connectivity index (χ0n) is 18.1. The summed E-state index contributed by atoms with van der Waals surface area (Å²) in [5.74, 6) is 1.80. The monoisotopic (exact) mass is 428 g/mol. The van der Waals surface area contributed by atoms with Gasteiger partial charge in [0, 0.05) is 18.6 Å². The minimum Gasteiger partial charge on any atom is -0.494 e. The zero-order chi connectivity index (χ0) is 21.5. The number of hydrogen-bond acceptors (Lipinski definition) is 3. The van der Waals surface area contributed by atoms with Gasteiger partial charge in [0.1, 0.15) is 11.5 Å². The Morgan fingerprint density at radius 2 is 1.23 bits per heavy atom. The number of ether oxygens (including phenoxy) is 2. The summed E-state index contributed by atoms with van der Waals surface area (Å²) in [4.78, 5) is 4.31. The van der Waals surface area contributed by atoms with Gasteiger partial charge < -0.3 is 14.0 Å². The summed E-state index contributed by atoms with van der Waals surface area (Å²) in [5.41, 5.74) is 0. The van der Waals surface area contributed by atoms with E-state index in [1.807, 2.05) is 32.6 Å². The van der Waals surface area contributed by atoms with Gasteiger partial charge in [-0.15, -0.1) is 0 Å². The summed E-state index contributed by atoms with van der Waals surface area (Å²) < 4.78 is 13.6. The number of benzene rings is 3. The highest BCUT2D eigenvalue weighted by atomic mass is 28.3. The normalized spacial score (nSPS) is 11.3. The van der Waals surface area contributed by atoms with Crippen LogP contribution in [0.5, 0.6) is 11.5 Å². The van der Waals surface area contributed by atoms with Crippen molar-refractivity contribution in [2.45, 2.75) is 20.0 Å².